The highest BCUT2D eigenvalue weighted by Gasteiger charge is 2.33. The fraction of sp³-hybridized carbons (Fsp3) is 0.222. The van der Waals surface area contributed by atoms with Crippen LogP contribution in [0.5, 0.6) is 0 Å². The quantitative estimate of drug-likeness (QED) is 0.907. The van der Waals surface area contributed by atoms with E-state index in [4.69, 9.17) is 0 Å². The summed E-state index contributed by atoms with van der Waals surface area (Å²) in [5.74, 6) is -0.823. The van der Waals surface area contributed by atoms with Crippen LogP contribution < -0.4 is 5.32 Å². The van der Waals surface area contributed by atoms with E-state index in [1.807, 2.05) is 13.8 Å². The predicted octanol–water partition coefficient (Wildman–Crippen LogP) is 4.16. The molecular formula is C18H16F2N2OS. The largest absolute Gasteiger partial charge is 0.304 e. The second-order valence-electron chi connectivity index (χ2n) is 6.02. The molecule has 124 valence electrons. The molecule has 1 fully saturated rings. The molecule has 3 rings (SSSR count). The van der Waals surface area contributed by atoms with Crippen LogP contribution >= 0.6 is 11.8 Å². The minimum atomic E-state index is -0.610. The van der Waals surface area contributed by atoms with Crippen molar-refractivity contribution < 1.29 is 13.6 Å². The van der Waals surface area contributed by atoms with Gasteiger partial charge in [0.15, 0.2) is 5.17 Å². The molecule has 1 unspecified atom stereocenters. The first-order valence-electron chi connectivity index (χ1n) is 7.44. The van der Waals surface area contributed by atoms with Gasteiger partial charge in [0.25, 0.3) is 0 Å². The lowest BCUT2D eigenvalue weighted by Crippen LogP contribution is -2.25. The number of halogens is 2. The second-order valence-corrected chi connectivity index (χ2v) is 7.12. The first-order valence-corrected chi connectivity index (χ1v) is 8.32. The Labute approximate surface area is 143 Å². The van der Waals surface area contributed by atoms with Gasteiger partial charge in [0.2, 0.25) is 5.91 Å². The van der Waals surface area contributed by atoms with Crippen molar-refractivity contribution in [3.63, 3.8) is 0 Å². The Morgan fingerprint density at radius 3 is 2.12 bits per heavy atom. The van der Waals surface area contributed by atoms with Crippen molar-refractivity contribution in [2.45, 2.75) is 24.6 Å². The number of carbonyl (C=O) groups is 1. The van der Waals surface area contributed by atoms with E-state index in [0.717, 1.165) is 11.1 Å². The van der Waals surface area contributed by atoms with E-state index in [1.165, 1.54) is 36.0 Å². The average molecular weight is 346 g/mol. The molecule has 0 spiro atoms. The van der Waals surface area contributed by atoms with Crippen LogP contribution in [0.15, 0.2) is 53.5 Å². The van der Waals surface area contributed by atoms with E-state index < -0.39 is 10.8 Å². The molecule has 3 nitrogen and oxygen atoms in total. The molecule has 2 aromatic rings. The van der Waals surface area contributed by atoms with Crippen LogP contribution in [0.4, 0.5) is 8.78 Å². The van der Waals surface area contributed by atoms with Crippen molar-refractivity contribution in [2.75, 3.05) is 0 Å². The molecule has 1 N–H and O–H groups in total. The number of carbonyl (C=O) groups excluding carboxylic acids is 1. The van der Waals surface area contributed by atoms with Crippen LogP contribution in [-0.4, -0.2) is 11.1 Å². The predicted molar refractivity (Wildman–Crippen MR) is 91.7 cm³/mol. The van der Waals surface area contributed by atoms with E-state index in [9.17, 15) is 13.6 Å². The topological polar surface area (TPSA) is 41.5 Å². The van der Waals surface area contributed by atoms with Gasteiger partial charge in [-0.15, -0.1) is 0 Å². The molecule has 0 aliphatic carbocycles. The first-order chi connectivity index (χ1) is 11.3. The van der Waals surface area contributed by atoms with Crippen LogP contribution in [-0.2, 0) is 10.3 Å². The number of thioether (sulfide) groups is 1. The van der Waals surface area contributed by atoms with Crippen LogP contribution in [0.3, 0.4) is 0 Å². The zero-order chi connectivity index (χ0) is 17.3. The summed E-state index contributed by atoms with van der Waals surface area (Å²) in [6.07, 6.45) is 0. The SMILES string of the molecule is CC(C)(N=C1NC(=O)C(c2ccc(F)cc2)S1)c1ccc(F)cc1. The average Bonchev–Trinajstić information content (AvgIpc) is 2.88. The van der Waals surface area contributed by atoms with Crippen LogP contribution in [0, 0.1) is 11.6 Å². The number of hydrogen-bond donors (Lipinski definition) is 1. The summed E-state index contributed by atoms with van der Waals surface area (Å²) in [5.41, 5.74) is 0.959. The van der Waals surface area contributed by atoms with Gasteiger partial charge in [-0.05, 0) is 49.2 Å². The lowest BCUT2D eigenvalue weighted by molar-refractivity contribution is -0.118. The molecule has 6 heteroatoms. The number of amides is 1. The molecule has 1 heterocycles. The van der Waals surface area contributed by atoms with Gasteiger partial charge in [0, 0.05) is 0 Å². The van der Waals surface area contributed by atoms with Gasteiger partial charge in [-0.1, -0.05) is 36.0 Å². The summed E-state index contributed by atoms with van der Waals surface area (Å²) in [6.45, 7) is 3.79. The van der Waals surface area contributed by atoms with E-state index >= 15 is 0 Å². The highest BCUT2D eigenvalue weighted by atomic mass is 32.2. The van der Waals surface area contributed by atoms with Crippen LogP contribution in [0.2, 0.25) is 0 Å². The molecule has 1 aliphatic heterocycles. The fourth-order valence-electron chi connectivity index (χ4n) is 2.45. The van der Waals surface area contributed by atoms with Gasteiger partial charge in [-0.2, -0.15) is 0 Å². The third-order valence-electron chi connectivity index (χ3n) is 3.80. The molecule has 0 aromatic heterocycles. The van der Waals surface area contributed by atoms with Gasteiger partial charge in [-0.3, -0.25) is 9.79 Å². The van der Waals surface area contributed by atoms with Gasteiger partial charge < -0.3 is 5.32 Å². The van der Waals surface area contributed by atoms with E-state index in [0.29, 0.717) is 5.17 Å². The normalized spacial score (nSPS) is 19.6. The van der Waals surface area contributed by atoms with Gasteiger partial charge in [0.05, 0.1) is 5.54 Å². The molecule has 1 atom stereocenters. The van der Waals surface area contributed by atoms with Crippen molar-refractivity contribution in [3.8, 4) is 0 Å². The van der Waals surface area contributed by atoms with Crippen LogP contribution in [0.1, 0.15) is 30.2 Å². The van der Waals surface area contributed by atoms with Crippen molar-refractivity contribution in [3.05, 3.63) is 71.3 Å². The highest BCUT2D eigenvalue weighted by molar-refractivity contribution is 8.15. The van der Waals surface area contributed by atoms with Crippen molar-refractivity contribution >= 4 is 22.8 Å². The third kappa shape index (κ3) is 3.48. The number of hydrogen-bond acceptors (Lipinski definition) is 3. The molecule has 1 aliphatic rings. The van der Waals surface area contributed by atoms with Gasteiger partial charge >= 0.3 is 0 Å². The van der Waals surface area contributed by atoms with Crippen LogP contribution in [0.25, 0.3) is 0 Å². The summed E-state index contributed by atoms with van der Waals surface area (Å²) < 4.78 is 26.1. The van der Waals surface area contributed by atoms with E-state index in [-0.39, 0.29) is 17.5 Å². The Bertz CT molecular complexity index is 786. The smallest absolute Gasteiger partial charge is 0.244 e. The Hall–Kier alpha value is -2.21. The number of aliphatic imine (C=N–C) groups is 1. The summed E-state index contributed by atoms with van der Waals surface area (Å²) >= 11 is 1.30. The summed E-state index contributed by atoms with van der Waals surface area (Å²) in [7, 11) is 0. The first kappa shape index (κ1) is 16.6. The molecular weight excluding hydrogens is 330 g/mol. The van der Waals surface area contributed by atoms with E-state index in [1.54, 1.807) is 24.3 Å². The molecule has 0 saturated carbocycles. The molecule has 0 radical (unpaired) electrons. The summed E-state index contributed by atoms with van der Waals surface area (Å²) in [5, 5.41) is 2.81. The number of nitrogens with zero attached hydrogens (tertiary/aromatic N) is 1. The zero-order valence-corrected chi connectivity index (χ0v) is 14.0. The second kappa shape index (κ2) is 6.36. The Morgan fingerprint density at radius 2 is 1.54 bits per heavy atom. The van der Waals surface area contributed by atoms with Gasteiger partial charge in [0.1, 0.15) is 16.9 Å². The molecule has 0 bridgehead atoms. The molecule has 1 saturated heterocycles. The summed E-state index contributed by atoms with van der Waals surface area (Å²) in [4.78, 5) is 16.8. The van der Waals surface area contributed by atoms with Crippen molar-refractivity contribution in [1.29, 1.82) is 0 Å². The number of nitrogens with one attached hydrogen (secondary N) is 1. The lowest BCUT2D eigenvalue weighted by atomic mass is 9.95. The lowest BCUT2D eigenvalue weighted by Gasteiger charge is -2.21. The zero-order valence-electron chi connectivity index (χ0n) is 13.2. The monoisotopic (exact) mass is 346 g/mol. The molecule has 2 aromatic carbocycles. The minimum Gasteiger partial charge on any atom is -0.304 e. The van der Waals surface area contributed by atoms with E-state index in [2.05, 4.69) is 10.3 Å². The highest BCUT2D eigenvalue weighted by Crippen LogP contribution is 2.36. The molecule has 24 heavy (non-hydrogen) atoms. The number of amidine groups is 1. The van der Waals surface area contributed by atoms with Crippen molar-refractivity contribution in [1.82, 2.24) is 5.32 Å². The van der Waals surface area contributed by atoms with Crippen molar-refractivity contribution in [2.24, 2.45) is 4.99 Å². The Kier molecular flexibility index (Phi) is 4.41. The standard InChI is InChI=1S/C18H16F2N2OS/c1-18(2,12-5-9-14(20)10-6-12)22-17-21-16(23)15(24-17)11-3-7-13(19)8-4-11/h3-10,15H,1-2H3,(H,21,22,23). The minimum absolute atomic E-state index is 0.180. The van der Waals surface area contributed by atoms with Gasteiger partial charge in [-0.25, -0.2) is 8.78 Å². The third-order valence-corrected chi connectivity index (χ3v) is 4.94. The maximum absolute atomic E-state index is 13.1. The maximum Gasteiger partial charge on any atom is 0.244 e. The number of benzene rings is 2. The maximum atomic E-state index is 13.1. The number of rotatable bonds is 3. The summed E-state index contributed by atoms with van der Waals surface area (Å²) in [6, 6.07) is 12.0. The Morgan fingerprint density at radius 1 is 1.00 bits per heavy atom. The molecule has 1 amide bonds. The fourth-order valence-corrected chi connectivity index (χ4v) is 3.58. The Balaban J connectivity index is 1.82.